The van der Waals surface area contributed by atoms with E-state index in [-0.39, 0.29) is 6.04 Å². The van der Waals surface area contributed by atoms with Gasteiger partial charge in [0.25, 0.3) is 0 Å². The first-order chi connectivity index (χ1) is 14.1. The molecule has 2 aromatic heterocycles. The van der Waals surface area contributed by atoms with Crippen molar-refractivity contribution in [2.75, 3.05) is 58.0 Å². The molecule has 2 N–H and O–H groups in total. The summed E-state index contributed by atoms with van der Waals surface area (Å²) in [6.45, 7) is 6.93. The van der Waals surface area contributed by atoms with E-state index in [2.05, 4.69) is 25.8 Å². The van der Waals surface area contributed by atoms with Crippen LogP contribution in [0.2, 0.25) is 5.28 Å². The van der Waals surface area contributed by atoms with Gasteiger partial charge in [-0.2, -0.15) is 4.98 Å². The molecule has 4 rings (SSSR count). The number of likely N-dealkylation sites (tertiary alicyclic amines) is 1. The topological polar surface area (TPSA) is 76.7 Å². The molecule has 0 saturated carbocycles. The third kappa shape index (κ3) is 5.18. The fourth-order valence-corrected chi connectivity index (χ4v) is 5.62. The summed E-state index contributed by atoms with van der Waals surface area (Å²) in [6, 6.07) is 2.38. The van der Waals surface area contributed by atoms with Crippen LogP contribution >= 0.6 is 22.9 Å². The van der Waals surface area contributed by atoms with Crippen molar-refractivity contribution < 1.29 is 9.47 Å². The molecule has 0 amide bonds. The SMILES string of the molecule is COCCC(N)C1CCCN(Cc2cc3nc(Cl)nc(N4CCOCC4)c3s2)C1. The molecule has 7 nitrogen and oxygen atoms in total. The third-order valence-electron chi connectivity index (χ3n) is 5.87. The fourth-order valence-electron chi connectivity index (χ4n) is 4.30. The van der Waals surface area contributed by atoms with Crippen LogP contribution in [0.25, 0.3) is 10.2 Å². The highest BCUT2D eigenvalue weighted by atomic mass is 35.5. The van der Waals surface area contributed by atoms with Crippen molar-refractivity contribution in [1.82, 2.24) is 14.9 Å². The lowest BCUT2D eigenvalue weighted by atomic mass is 9.89. The van der Waals surface area contributed by atoms with Gasteiger partial charge in [-0.25, -0.2) is 4.98 Å². The second-order valence-corrected chi connectivity index (χ2v) is 9.40. The Morgan fingerprint density at radius 3 is 2.97 bits per heavy atom. The Kier molecular flexibility index (Phi) is 7.21. The summed E-state index contributed by atoms with van der Waals surface area (Å²) < 4.78 is 11.8. The van der Waals surface area contributed by atoms with Gasteiger partial charge in [0.1, 0.15) is 0 Å². The zero-order valence-corrected chi connectivity index (χ0v) is 18.6. The second-order valence-electron chi connectivity index (χ2n) is 7.93. The van der Waals surface area contributed by atoms with E-state index in [0.29, 0.717) is 11.2 Å². The quantitative estimate of drug-likeness (QED) is 0.664. The zero-order chi connectivity index (χ0) is 20.2. The maximum atomic E-state index is 6.42. The number of hydrogen-bond donors (Lipinski definition) is 1. The lowest BCUT2D eigenvalue weighted by Gasteiger charge is -2.35. The summed E-state index contributed by atoms with van der Waals surface area (Å²) in [4.78, 5) is 15.1. The van der Waals surface area contributed by atoms with Crippen molar-refractivity contribution in [3.05, 3.63) is 16.2 Å². The van der Waals surface area contributed by atoms with Crippen LogP contribution in [-0.4, -0.2) is 74.0 Å². The van der Waals surface area contributed by atoms with Crippen molar-refractivity contribution in [3.8, 4) is 0 Å². The Morgan fingerprint density at radius 1 is 1.34 bits per heavy atom. The number of fused-ring (bicyclic) bond motifs is 1. The summed E-state index contributed by atoms with van der Waals surface area (Å²) in [5.41, 5.74) is 7.36. The maximum Gasteiger partial charge on any atom is 0.224 e. The van der Waals surface area contributed by atoms with Crippen LogP contribution < -0.4 is 10.6 Å². The lowest BCUT2D eigenvalue weighted by Crippen LogP contribution is -2.43. The number of halogens is 1. The molecule has 0 aliphatic carbocycles. The summed E-state index contributed by atoms with van der Waals surface area (Å²) in [5.74, 6) is 1.48. The zero-order valence-electron chi connectivity index (χ0n) is 17.0. The molecular formula is C20H30ClN5O2S. The molecule has 2 aliphatic rings. The Balaban J connectivity index is 1.48. The largest absolute Gasteiger partial charge is 0.385 e. The first kappa shape index (κ1) is 21.2. The number of morpholine rings is 1. The summed E-state index contributed by atoms with van der Waals surface area (Å²) in [5, 5.41) is 0.311. The molecule has 0 aromatic carbocycles. The van der Waals surface area contributed by atoms with Crippen LogP contribution in [0.15, 0.2) is 6.07 Å². The predicted octanol–water partition coefficient (Wildman–Crippen LogP) is 2.76. The number of thiophene rings is 1. The van der Waals surface area contributed by atoms with Gasteiger partial charge < -0.3 is 20.1 Å². The van der Waals surface area contributed by atoms with E-state index in [9.17, 15) is 0 Å². The number of ether oxygens (including phenoxy) is 2. The third-order valence-corrected chi connectivity index (χ3v) is 7.14. The maximum absolute atomic E-state index is 6.42. The van der Waals surface area contributed by atoms with Gasteiger partial charge in [0, 0.05) is 50.8 Å². The van der Waals surface area contributed by atoms with Gasteiger partial charge in [-0.1, -0.05) is 0 Å². The van der Waals surface area contributed by atoms with Crippen LogP contribution in [0, 0.1) is 5.92 Å². The highest BCUT2D eigenvalue weighted by Gasteiger charge is 2.26. The van der Waals surface area contributed by atoms with Crippen LogP contribution in [0.1, 0.15) is 24.1 Å². The molecule has 2 aromatic rings. The Labute approximate surface area is 181 Å². The van der Waals surface area contributed by atoms with E-state index in [4.69, 9.17) is 26.8 Å². The molecule has 2 saturated heterocycles. The lowest BCUT2D eigenvalue weighted by molar-refractivity contribution is 0.122. The van der Waals surface area contributed by atoms with Crippen molar-refractivity contribution in [3.63, 3.8) is 0 Å². The molecule has 160 valence electrons. The first-order valence-corrected chi connectivity index (χ1v) is 11.6. The van der Waals surface area contributed by atoms with Crippen molar-refractivity contribution >= 4 is 39.0 Å². The van der Waals surface area contributed by atoms with Gasteiger partial charge in [0.05, 0.1) is 23.4 Å². The van der Waals surface area contributed by atoms with E-state index in [1.54, 1.807) is 18.4 Å². The number of nitrogens with two attached hydrogens (primary N) is 1. The monoisotopic (exact) mass is 439 g/mol. The molecule has 2 aliphatic heterocycles. The fraction of sp³-hybridized carbons (Fsp3) is 0.700. The normalized spacial score (nSPS) is 22.3. The van der Waals surface area contributed by atoms with Crippen molar-refractivity contribution in [2.24, 2.45) is 11.7 Å². The number of nitrogens with zero attached hydrogens (tertiary/aromatic N) is 4. The van der Waals surface area contributed by atoms with Crippen LogP contribution in [0.5, 0.6) is 0 Å². The van der Waals surface area contributed by atoms with Crippen molar-refractivity contribution in [1.29, 1.82) is 0 Å². The Hall–Kier alpha value is -1.03. The number of rotatable bonds is 7. The molecule has 2 fully saturated rings. The number of piperidine rings is 1. The molecular weight excluding hydrogens is 410 g/mol. The van der Waals surface area contributed by atoms with Crippen molar-refractivity contribution in [2.45, 2.75) is 31.8 Å². The number of methoxy groups -OCH3 is 1. The van der Waals surface area contributed by atoms with Crippen LogP contribution in [0.4, 0.5) is 5.82 Å². The molecule has 9 heteroatoms. The number of hydrogen-bond acceptors (Lipinski definition) is 8. The van der Waals surface area contributed by atoms with E-state index >= 15 is 0 Å². The van der Waals surface area contributed by atoms with Gasteiger partial charge >= 0.3 is 0 Å². The highest BCUT2D eigenvalue weighted by Crippen LogP contribution is 2.34. The van der Waals surface area contributed by atoms with Gasteiger partial charge in [-0.3, -0.25) is 4.90 Å². The van der Waals surface area contributed by atoms with E-state index < -0.39 is 0 Å². The van der Waals surface area contributed by atoms with E-state index in [1.807, 2.05) is 0 Å². The molecule has 0 spiro atoms. The van der Waals surface area contributed by atoms with Gasteiger partial charge in [0.2, 0.25) is 5.28 Å². The smallest absolute Gasteiger partial charge is 0.224 e. The standard InChI is InChI=1S/C20H30ClN5O2S/c1-27-8-4-16(22)14-3-2-5-25(12-14)13-15-11-17-18(29-15)19(24-20(21)23-17)26-6-9-28-10-7-26/h11,14,16H,2-10,12-13,22H2,1H3. The van der Waals surface area contributed by atoms with Gasteiger partial charge in [0.15, 0.2) is 5.82 Å². The summed E-state index contributed by atoms with van der Waals surface area (Å²) >= 11 is 8.01. The summed E-state index contributed by atoms with van der Waals surface area (Å²) in [7, 11) is 1.74. The predicted molar refractivity (Wildman–Crippen MR) is 118 cm³/mol. The van der Waals surface area contributed by atoms with E-state index in [0.717, 1.165) is 75.0 Å². The molecule has 2 atom stereocenters. The van der Waals surface area contributed by atoms with Crippen LogP contribution in [-0.2, 0) is 16.0 Å². The molecule has 0 radical (unpaired) electrons. The minimum atomic E-state index is 0.206. The minimum absolute atomic E-state index is 0.206. The highest BCUT2D eigenvalue weighted by molar-refractivity contribution is 7.19. The first-order valence-electron chi connectivity index (χ1n) is 10.4. The Morgan fingerprint density at radius 2 is 2.17 bits per heavy atom. The number of anilines is 1. The minimum Gasteiger partial charge on any atom is -0.385 e. The summed E-state index contributed by atoms with van der Waals surface area (Å²) in [6.07, 6.45) is 3.33. The Bertz CT molecular complexity index is 814. The average molecular weight is 440 g/mol. The number of aromatic nitrogens is 2. The van der Waals surface area contributed by atoms with Crippen LogP contribution in [0.3, 0.4) is 0 Å². The molecule has 29 heavy (non-hydrogen) atoms. The average Bonchev–Trinajstić information content (AvgIpc) is 3.14. The molecule has 2 unspecified atom stereocenters. The van der Waals surface area contributed by atoms with Gasteiger partial charge in [-0.05, 0) is 49.4 Å². The molecule has 0 bridgehead atoms. The van der Waals surface area contributed by atoms with E-state index in [1.165, 1.54) is 17.7 Å². The second kappa shape index (κ2) is 9.85. The van der Waals surface area contributed by atoms with Gasteiger partial charge in [-0.15, -0.1) is 11.3 Å². The molecule has 4 heterocycles.